The molecule has 0 aromatic heterocycles. The minimum absolute atomic E-state index is 0.0516. The van der Waals surface area contributed by atoms with Crippen molar-refractivity contribution >= 4 is 11.7 Å². The summed E-state index contributed by atoms with van der Waals surface area (Å²) in [6.45, 7) is 6.34. The molecule has 19 heavy (non-hydrogen) atoms. The van der Waals surface area contributed by atoms with E-state index in [1.54, 1.807) is 4.90 Å². The molecule has 1 aliphatic heterocycles. The van der Waals surface area contributed by atoms with E-state index < -0.39 is 0 Å². The number of urea groups is 1. The van der Waals surface area contributed by atoms with Gasteiger partial charge in [-0.3, -0.25) is 0 Å². The van der Waals surface area contributed by atoms with Crippen LogP contribution in [-0.4, -0.2) is 37.7 Å². The van der Waals surface area contributed by atoms with Gasteiger partial charge in [0.15, 0.2) is 0 Å². The summed E-state index contributed by atoms with van der Waals surface area (Å²) in [5, 5.41) is 3.00. The van der Waals surface area contributed by atoms with E-state index in [9.17, 15) is 4.79 Å². The highest BCUT2D eigenvalue weighted by Gasteiger charge is 2.20. The second kappa shape index (κ2) is 6.06. The summed E-state index contributed by atoms with van der Waals surface area (Å²) in [5.41, 5.74) is 3.10. The number of nitrogens with one attached hydrogen (secondary N) is 1. The van der Waals surface area contributed by atoms with Gasteiger partial charge in [-0.25, -0.2) is 4.79 Å². The molecule has 1 N–H and O–H groups in total. The molecule has 2 amide bonds. The molecular formula is C15H22N2O2. The van der Waals surface area contributed by atoms with Crippen LogP contribution in [-0.2, 0) is 4.74 Å². The van der Waals surface area contributed by atoms with Crippen LogP contribution in [0.3, 0.4) is 0 Å². The molecule has 1 saturated heterocycles. The number of hydrogen-bond donors (Lipinski definition) is 1. The van der Waals surface area contributed by atoms with E-state index in [1.807, 2.05) is 39.1 Å². The van der Waals surface area contributed by atoms with Crippen molar-refractivity contribution in [2.45, 2.75) is 20.3 Å². The molecule has 1 fully saturated rings. The van der Waals surface area contributed by atoms with E-state index in [1.165, 1.54) is 0 Å². The molecule has 0 bridgehead atoms. The lowest BCUT2D eigenvalue weighted by Gasteiger charge is -2.22. The molecular weight excluding hydrogens is 240 g/mol. The zero-order chi connectivity index (χ0) is 13.8. The number of carbonyl (C=O) groups excluding carboxylic acids is 1. The molecule has 4 heteroatoms. The van der Waals surface area contributed by atoms with Gasteiger partial charge in [-0.15, -0.1) is 0 Å². The average molecular weight is 262 g/mol. The summed E-state index contributed by atoms with van der Waals surface area (Å²) in [5.74, 6) is 0.466. The molecule has 0 radical (unpaired) electrons. The molecule has 0 aliphatic carbocycles. The van der Waals surface area contributed by atoms with E-state index in [-0.39, 0.29) is 6.03 Å². The van der Waals surface area contributed by atoms with Crippen molar-refractivity contribution in [1.29, 1.82) is 0 Å². The monoisotopic (exact) mass is 262 g/mol. The first kappa shape index (κ1) is 13.9. The van der Waals surface area contributed by atoms with E-state index in [2.05, 4.69) is 5.32 Å². The molecule has 0 spiro atoms. The van der Waals surface area contributed by atoms with Gasteiger partial charge in [0, 0.05) is 31.8 Å². The number of amides is 2. The second-order valence-corrected chi connectivity index (χ2v) is 5.31. The molecule has 1 atom stereocenters. The van der Waals surface area contributed by atoms with Gasteiger partial charge < -0.3 is 15.0 Å². The number of anilines is 1. The SMILES string of the molecule is Cc1cccc(C)c1NC(=O)N(C)CC1CCOC1. The van der Waals surface area contributed by atoms with Crippen molar-refractivity contribution in [1.82, 2.24) is 4.90 Å². The smallest absolute Gasteiger partial charge is 0.321 e. The summed E-state index contributed by atoms with van der Waals surface area (Å²) in [7, 11) is 1.83. The van der Waals surface area contributed by atoms with Crippen LogP contribution in [0.4, 0.5) is 10.5 Å². The zero-order valence-electron chi connectivity index (χ0n) is 11.9. The highest BCUT2D eigenvalue weighted by Crippen LogP contribution is 2.20. The highest BCUT2D eigenvalue weighted by atomic mass is 16.5. The number of benzene rings is 1. The van der Waals surface area contributed by atoms with Gasteiger partial charge in [-0.1, -0.05) is 18.2 Å². The molecule has 1 aromatic rings. The lowest BCUT2D eigenvalue weighted by Crippen LogP contribution is -2.35. The number of carbonyl (C=O) groups is 1. The Kier molecular flexibility index (Phi) is 4.43. The van der Waals surface area contributed by atoms with Gasteiger partial charge >= 0.3 is 6.03 Å². The van der Waals surface area contributed by atoms with Gasteiger partial charge in [0.2, 0.25) is 0 Å². The minimum Gasteiger partial charge on any atom is -0.381 e. The summed E-state index contributed by atoms with van der Waals surface area (Å²) in [6, 6.07) is 5.96. The molecule has 0 saturated carbocycles. The molecule has 104 valence electrons. The van der Waals surface area contributed by atoms with Gasteiger partial charge in [-0.2, -0.15) is 0 Å². The number of para-hydroxylation sites is 1. The maximum Gasteiger partial charge on any atom is 0.321 e. The van der Waals surface area contributed by atoms with Crippen LogP contribution in [0.15, 0.2) is 18.2 Å². The Bertz CT molecular complexity index is 433. The third kappa shape index (κ3) is 3.47. The predicted octanol–water partition coefficient (Wildman–Crippen LogP) is 2.80. The Balaban J connectivity index is 1.96. The van der Waals surface area contributed by atoms with E-state index in [4.69, 9.17) is 4.74 Å². The van der Waals surface area contributed by atoms with Crippen LogP contribution in [0.2, 0.25) is 0 Å². The van der Waals surface area contributed by atoms with Crippen LogP contribution in [0.1, 0.15) is 17.5 Å². The number of aryl methyl sites for hydroxylation is 2. The van der Waals surface area contributed by atoms with Gasteiger partial charge in [-0.05, 0) is 31.4 Å². The molecule has 1 aliphatic rings. The summed E-state index contributed by atoms with van der Waals surface area (Å²) < 4.78 is 5.34. The second-order valence-electron chi connectivity index (χ2n) is 5.31. The lowest BCUT2D eigenvalue weighted by atomic mass is 10.1. The van der Waals surface area contributed by atoms with Crippen LogP contribution in [0, 0.1) is 19.8 Å². The molecule has 4 nitrogen and oxygen atoms in total. The predicted molar refractivity (Wildman–Crippen MR) is 76.5 cm³/mol. The van der Waals surface area contributed by atoms with Gasteiger partial charge in [0.25, 0.3) is 0 Å². The Morgan fingerprint density at radius 3 is 2.68 bits per heavy atom. The number of rotatable bonds is 3. The van der Waals surface area contributed by atoms with E-state index in [0.717, 1.165) is 43.0 Å². The molecule has 1 unspecified atom stereocenters. The fourth-order valence-corrected chi connectivity index (χ4v) is 2.41. The maximum atomic E-state index is 12.2. The fraction of sp³-hybridized carbons (Fsp3) is 0.533. The quantitative estimate of drug-likeness (QED) is 0.910. The molecule has 1 aromatic carbocycles. The summed E-state index contributed by atoms with van der Waals surface area (Å²) in [4.78, 5) is 13.9. The third-order valence-corrected chi connectivity index (χ3v) is 3.62. The van der Waals surface area contributed by atoms with Crippen molar-refractivity contribution in [3.8, 4) is 0 Å². The van der Waals surface area contributed by atoms with Crippen LogP contribution < -0.4 is 5.32 Å². The van der Waals surface area contributed by atoms with Crippen LogP contribution >= 0.6 is 0 Å². The Morgan fingerprint density at radius 1 is 1.42 bits per heavy atom. The van der Waals surface area contributed by atoms with Crippen molar-refractivity contribution < 1.29 is 9.53 Å². The molecule has 2 rings (SSSR count). The molecule has 1 heterocycles. The maximum absolute atomic E-state index is 12.2. The Labute approximate surface area is 114 Å². The summed E-state index contributed by atoms with van der Waals surface area (Å²) >= 11 is 0. The van der Waals surface area contributed by atoms with Crippen LogP contribution in [0.25, 0.3) is 0 Å². The van der Waals surface area contributed by atoms with Crippen LogP contribution in [0.5, 0.6) is 0 Å². The van der Waals surface area contributed by atoms with Gasteiger partial charge in [0.05, 0.1) is 6.61 Å². The minimum atomic E-state index is -0.0516. The largest absolute Gasteiger partial charge is 0.381 e. The topological polar surface area (TPSA) is 41.6 Å². The highest BCUT2D eigenvalue weighted by molar-refractivity contribution is 5.90. The Morgan fingerprint density at radius 2 is 2.11 bits per heavy atom. The first-order chi connectivity index (χ1) is 9.08. The van der Waals surface area contributed by atoms with Crippen molar-refractivity contribution in [2.75, 3.05) is 32.1 Å². The number of hydrogen-bond acceptors (Lipinski definition) is 2. The Hall–Kier alpha value is -1.55. The van der Waals surface area contributed by atoms with Crippen molar-refractivity contribution in [3.05, 3.63) is 29.3 Å². The summed E-state index contributed by atoms with van der Waals surface area (Å²) in [6.07, 6.45) is 1.04. The normalized spacial score (nSPS) is 18.4. The van der Waals surface area contributed by atoms with E-state index >= 15 is 0 Å². The van der Waals surface area contributed by atoms with E-state index in [0.29, 0.717) is 5.92 Å². The standard InChI is InChI=1S/C15H22N2O2/c1-11-5-4-6-12(2)14(11)16-15(18)17(3)9-13-7-8-19-10-13/h4-6,13H,7-10H2,1-3H3,(H,16,18). The first-order valence-corrected chi connectivity index (χ1v) is 6.74. The van der Waals surface area contributed by atoms with Crippen molar-refractivity contribution in [2.24, 2.45) is 5.92 Å². The third-order valence-electron chi connectivity index (χ3n) is 3.62. The number of ether oxygens (including phenoxy) is 1. The first-order valence-electron chi connectivity index (χ1n) is 6.74. The lowest BCUT2D eigenvalue weighted by molar-refractivity contribution is 0.175. The zero-order valence-corrected chi connectivity index (χ0v) is 11.9. The number of nitrogens with zero attached hydrogens (tertiary/aromatic N) is 1. The average Bonchev–Trinajstić information content (AvgIpc) is 2.86. The van der Waals surface area contributed by atoms with Crippen molar-refractivity contribution in [3.63, 3.8) is 0 Å². The fourth-order valence-electron chi connectivity index (χ4n) is 2.41. The van der Waals surface area contributed by atoms with Gasteiger partial charge in [0.1, 0.15) is 0 Å².